The molecule has 3 rings (SSSR count). The molecule has 164 valence electrons. The van der Waals surface area contributed by atoms with E-state index < -0.39 is 12.0 Å². The van der Waals surface area contributed by atoms with Crippen LogP contribution >= 0.6 is 11.6 Å². The van der Waals surface area contributed by atoms with E-state index in [1.54, 1.807) is 26.1 Å². The van der Waals surface area contributed by atoms with E-state index in [1.165, 1.54) is 4.90 Å². The number of hydrogen-bond acceptors (Lipinski definition) is 5. The Morgan fingerprint density at radius 3 is 2.63 bits per heavy atom. The second-order valence-electron chi connectivity index (χ2n) is 8.03. The highest BCUT2D eigenvalue weighted by Gasteiger charge is 2.37. The minimum Gasteiger partial charge on any atom is -0.463 e. The summed E-state index contributed by atoms with van der Waals surface area (Å²) in [6, 6.07) is 6.77. The van der Waals surface area contributed by atoms with Gasteiger partial charge in [-0.05, 0) is 64.6 Å². The van der Waals surface area contributed by atoms with Crippen molar-refractivity contribution in [2.45, 2.75) is 31.8 Å². The van der Waals surface area contributed by atoms with Crippen molar-refractivity contribution in [3.8, 4) is 0 Å². The Bertz CT molecular complexity index is 820. The molecule has 0 bridgehead atoms. The molecule has 1 fully saturated rings. The summed E-state index contributed by atoms with van der Waals surface area (Å²) >= 11 is 6.18. The molecule has 1 saturated heterocycles. The van der Waals surface area contributed by atoms with Crippen LogP contribution in [0.1, 0.15) is 31.4 Å². The van der Waals surface area contributed by atoms with E-state index in [9.17, 15) is 9.59 Å². The van der Waals surface area contributed by atoms with E-state index >= 15 is 0 Å². The number of carbonyl (C=O) groups excluding carboxylic acids is 2. The van der Waals surface area contributed by atoms with Crippen LogP contribution in [0.5, 0.6) is 0 Å². The predicted molar refractivity (Wildman–Crippen MR) is 117 cm³/mol. The second kappa shape index (κ2) is 9.81. The Balaban J connectivity index is 1.98. The smallest absolute Gasteiger partial charge is 0.338 e. The SMILES string of the molecule is CCOC(=O)C1=C(CN(C)C2CCN(C)CC2)N(C)C(=O)NC1c1cccc(Cl)c1. The number of benzene rings is 1. The molecular formula is C22H31ClN4O3. The Hall–Kier alpha value is -2.09. The summed E-state index contributed by atoms with van der Waals surface area (Å²) in [5, 5.41) is 3.48. The molecule has 1 aromatic carbocycles. The second-order valence-corrected chi connectivity index (χ2v) is 8.46. The van der Waals surface area contributed by atoms with Gasteiger partial charge in [0.15, 0.2) is 0 Å². The summed E-state index contributed by atoms with van der Waals surface area (Å²) in [7, 11) is 5.88. The molecule has 0 saturated carbocycles. The molecule has 0 radical (unpaired) electrons. The Morgan fingerprint density at radius 1 is 1.30 bits per heavy atom. The molecule has 1 atom stereocenters. The lowest BCUT2D eigenvalue weighted by atomic mass is 9.94. The van der Waals surface area contributed by atoms with Crippen LogP contribution in [0, 0.1) is 0 Å². The van der Waals surface area contributed by atoms with Gasteiger partial charge in [0.1, 0.15) is 0 Å². The lowest BCUT2D eigenvalue weighted by molar-refractivity contribution is -0.139. The molecule has 0 aromatic heterocycles. The van der Waals surface area contributed by atoms with E-state index in [-0.39, 0.29) is 12.6 Å². The van der Waals surface area contributed by atoms with Crippen LogP contribution in [0.2, 0.25) is 5.02 Å². The number of likely N-dealkylation sites (tertiary alicyclic amines) is 1. The molecule has 1 unspecified atom stereocenters. The average Bonchev–Trinajstić information content (AvgIpc) is 2.71. The van der Waals surface area contributed by atoms with Gasteiger partial charge in [-0.2, -0.15) is 0 Å². The van der Waals surface area contributed by atoms with Crippen LogP contribution in [0.25, 0.3) is 0 Å². The first-order chi connectivity index (χ1) is 14.3. The molecule has 1 N–H and O–H groups in total. The summed E-state index contributed by atoms with van der Waals surface area (Å²) in [6.45, 7) is 4.62. The summed E-state index contributed by atoms with van der Waals surface area (Å²) in [4.78, 5) is 31.9. The number of amides is 2. The van der Waals surface area contributed by atoms with Crippen molar-refractivity contribution in [1.82, 2.24) is 20.0 Å². The summed E-state index contributed by atoms with van der Waals surface area (Å²) in [6.07, 6.45) is 2.12. The van der Waals surface area contributed by atoms with Crippen molar-refractivity contribution in [2.24, 2.45) is 0 Å². The van der Waals surface area contributed by atoms with E-state index in [2.05, 4.69) is 29.2 Å². The van der Waals surface area contributed by atoms with Gasteiger partial charge >= 0.3 is 12.0 Å². The highest BCUT2D eigenvalue weighted by Crippen LogP contribution is 2.32. The number of esters is 1. The molecule has 2 aliphatic rings. The van der Waals surface area contributed by atoms with Gasteiger partial charge < -0.3 is 15.0 Å². The molecule has 30 heavy (non-hydrogen) atoms. The van der Waals surface area contributed by atoms with Gasteiger partial charge in [-0.1, -0.05) is 23.7 Å². The van der Waals surface area contributed by atoms with Crippen molar-refractivity contribution in [3.05, 3.63) is 46.1 Å². The fourth-order valence-electron chi connectivity index (χ4n) is 4.14. The van der Waals surface area contributed by atoms with Gasteiger partial charge in [-0.25, -0.2) is 9.59 Å². The van der Waals surface area contributed by atoms with E-state index in [0.29, 0.717) is 28.9 Å². The Kier molecular flexibility index (Phi) is 7.39. The van der Waals surface area contributed by atoms with E-state index in [1.807, 2.05) is 12.1 Å². The summed E-state index contributed by atoms with van der Waals surface area (Å²) in [5.74, 6) is -0.416. The maximum absolute atomic E-state index is 13.0. The van der Waals surface area contributed by atoms with Crippen molar-refractivity contribution in [2.75, 3.05) is 47.4 Å². The highest BCUT2D eigenvalue weighted by atomic mass is 35.5. The monoisotopic (exact) mass is 434 g/mol. The standard InChI is InChI=1S/C22H31ClN4O3/c1-5-30-21(28)19-18(14-26(3)17-9-11-25(2)12-10-17)27(4)22(29)24-20(19)15-7-6-8-16(23)13-15/h6-8,13,17,20H,5,9-12,14H2,1-4H3,(H,24,29). The zero-order chi connectivity index (χ0) is 21.8. The summed E-state index contributed by atoms with van der Waals surface area (Å²) in [5.41, 5.74) is 1.89. The molecule has 0 spiro atoms. The number of nitrogens with zero attached hydrogens (tertiary/aromatic N) is 3. The van der Waals surface area contributed by atoms with Crippen LogP contribution in [0.3, 0.4) is 0 Å². The van der Waals surface area contributed by atoms with Crippen molar-refractivity contribution in [3.63, 3.8) is 0 Å². The lowest BCUT2D eigenvalue weighted by Gasteiger charge is -2.39. The molecule has 7 nitrogen and oxygen atoms in total. The Morgan fingerprint density at radius 2 is 2.00 bits per heavy atom. The molecule has 2 heterocycles. The van der Waals surface area contributed by atoms with Gasteiger partial charge in [0.2, 0.25) is 0 Å². The number of nitrogens with one attached hydrogen (secondary N) is 1. The number of urea groups is 1. The van der Waals surface area contributed by atoms with Gasteiger partial charge in [-0.3, -0.25) is 9.80 Å². The Labute approximate surface area is 183 Å². The molecule has 0 aliphatic carbocycles. The number of halogens is 1. The van der Waals surface area contributed by atoms with Crippen LogP contribution < -0.4 is 5.32 Å². The molecule has 2 aliphatic heterocycles. The number of hydrogen-bond donors (Lipinski definition) is 1. The topological polar surface area (TPSA) is 65.1 Å². The average molecular weight is 435 g/mol. The zero-order valence-electron chi connectivity index (χ0n) is 18.2. The number of likely N-dealkylation sites (N-methyl/N-ethyl adjacent to an activating group) is 2. The van der Waals surface area contributed by atoms with Crippen LogP contribution in [0.4, 0.5) is 4.79 Å². The maximum atomic E-state index is 13.0. The molecule has 1 aromatic rings. The third kappa shape index (κ3) is 4.96. The minimum absolute atomic E-state index is 0.250. The van der Waals surface area contributed by atoms with Gasteiger partial charge in [0.05, 0.1) is 18.2 Å². The quantitative estimate of drug-likeness (QED) is 0.697. The maximum Gasteiger partial charge on any atom is 0.338 e. The largest absolute Gasteiger partial charge is 0.463 e. The number of rotatable bonds is 6. The third-order valence-corrected chi connectivity index (χ3v) is 6.20. The first-order valence-corrected chi connectivity index (χ1v) is 10.8. The predicted octanol–water partition coefficient (Wildman–Crippen LogP) is 2.88. The highest BCUT2D eigenvalue weighted by molar-refractivity contribution is 6.30. The van der Waals surface area contributed by atoms with E-state index in [4.69, 9.17) is 16.3 Å². The van der Waals surface area contributed by atoms with Gasteiger partial charge in [0, 0.05) is 30.4 Å². The fourth-order valence-corrected chi connectivity index (χ4v) is 4.33. The zero-order valence-corrected chi connectivity index (χ0v) is 18.9. The van der Waals surface area contributed by atoms with E-state index in [0.717, 1.165) is 31.5 Å². The normalized spacial score (nSPS) is 21.2. The van der Waals surface area contributed by atoms with Crippen molar-refractivity contribution < 1.29 is 14.3 Å². The van der Waals surface area contributed by atoms with Crippen LogP contribution in [-0.2, 0) is 9.53 Å². The molecular weight excluding hydrogens is 404 g/mol. The van der Waals surface area contributed by atoms with Crippen molar-refractivity contribution >= 4 is 23.6 Å². The fraction of sp³-hybridized carbons (Fsp3) is 0.545. The van der Waals surface area contributed by atoms with Crippen molar-refractivity contribution in [1.29, 1.82) is 0 Å². The number of piperidine rings is 1. The first kappa shape index (κ1) is 22.6. The minimum atomic E-state index is -0.604. The lowest BCUT2D eigenvalue weighted by Crippen LogP contribution is -2.50. The number of ether oxygens (including phenoxy) is 1. The summed E-state index contributed by atoms with van der Waals surface area (Å²) < 4.78 is 5.39. The first-order valence-electron chi connectivity index (χ1n) is 10.4. The number of carbonyl (C=O) groups is 2. The van der Waals surface area contributed by atoms with Gasteiger partial charge in [0.25, 0.3) is 0 Å². The van der Waals surface area contributed by atoms with Crippen LogP contribution in [-0.4, -0.2) is 80.1 Å². The molecule has 2 amide bonds. The molecule has 8 heteroatoms. The third-order valence-electron chi connectivity index (χ3n) is 5.96. The van der Waals surface area contributed by atoms with Gasteiger partial charge in [-0.15, -0.1) is 0 Å². The van der Waals surface area contributed by atoms with Crippen LogP contribution in [0.15, 0.2) is 35.5 Å².